The Kier molecular flexibility index (Phi) is 5.28. The summed E-state index contributed by atoms with van der Waals surface area (Å²) in [5.74, 6) is 0.892. The molecule has 110 valence electrons. The first-order valence-corrected chi connectivity index (χ1v) is 7.82. The first-order chi connectivity index (χ1) is 10.1. The molecule has 3 N–H and O–H groups in total. The molecular formula is C17H20N2OS. The standard InChI is InChI=1S/C17H20N2OS/c1-12-8-9-15(10-13(12)2)21-11-16(17(18)19-20)14-6-4-3-5-7-14/h3-10,16,20H,11H2,1-2H3,(H2,18,19). The molecule has 1 atom stereocenters. The first kappa shape index (κ1) is 15.4. The number of oxime groups is 1. The van der Waals surface area contributed by atoms with E-state index in [1.807, 2.05) is 30.3 Å². The van der Waals surface area contributed by atoms with Crippen LogP contribution in [0.1, 0.15) is 22.6 Å². The Morgan fingerprint density at radius 2 is 1.86 bits per heavy atom. The fourth-order valence-corrected chi connectivity index (χ4v) is 3.24. The minimum atomic E-state index is -0.0946. The summed E-state index contributed by atoms with van der Waals surface area (Å²) in [7, 11) is 0. The largest absolute Gasteiger partial charge is 0.409 e. The van der Waals surface area contributed by atoms with Gasteiger partial charge in [0.1, 0.15) is 5.84 Å². The molecule has 0 bridgehead atoms. The molecule has 0 saturated carbocycles. The molecule has 0 amide bonds. The van der Waals surface area contributed by atoms with Crippen molar-refractivity contribution in [2.24, 2.45) is 10.9 Å². The van der Waals surface area contributed by atoms with Crippen LogP contribution < -0.4 is 5.73 Å². The fraction of sp³-hybridized carbons (Fsp3) is 0.235. The maximum absolute atomic E-state index is 9.00. The van der Waals surface area contributed by atoms with Crippen molar-refractivity contribution in [2.75, 3.05) is 5.75 Å². The highest BCUT2D eigenvalue weighted by Crippen LogP contribution is 2.27. The molecule has 0 saturated heterocycles. The molecule has 0 aliphatic carbocycles. The van der Waals surface area contributed by atoms with Crippen LogP contribution >= 0.6 is 11.8 Å². The number of rotatable bonds is 5. The summed E-state index contributed by atoms with van der Waals surface area (Å²) >= 11 is 1.72. The lowest BCUT2D eigenvalue weighted by atomic mass is 10.0. The van der Waals surface area contributed by atoms with E-state index in [-0.39, 0.29) is 11.8 Å². The molecule has 0 aliphatic rings. The summed E-state index contributed by atoms with van der Waals surface area (Å²) < 4.78 is 0. The van der Waals surface area contributed by atoms with Crippen LogP contribution in [0.3, 0.4) is 0 Å². The molecule has 2 rings (SSSR count). The van der Waals surface area contributed by atoms with Crippen LogP contribution in [0.4, 0.5) is 0 Å². The minimum absolute atomic E-state index is 0.0946. The number of amidine groups is 1. The number of hydrogen-bond acceptors (Lipinski definition) is 3. The van der Waals surface area contributed by atoms with Gasteiger partial charge in [0.2, 0.25) is 0 Å². The van der Waals surface area contributed by atoms with Gasteiger partial charge in [0.05, 0.1) is 5.92 Å². The molecular weight excluding hydrogens is 280 g/mol. The van der Waals surface area contributed by atoms with E-state index in [2.05, 4.69) is 37.2 Å². The highest BCUT2D eigenvalue weighted by atomic mass is 32.2. The van der Waals surface area contributed by atoms with Crippen molar-refractivity contribution in [1.29, 1.82) is 0 Å². The molecule has 21 heavy (non-hydrogen) atoms. The van der Waals surface area contributed by atoms with Gasteiger partial charge in [0.25, 0.3) is 0 Å². The van der Waals surface area contributed by atoms with Gasteiger partial charge in [0.15, 0.2) is 0 Å². The zero-order valence-corrected chi connectivity index (χ0v) is 13.1. The Bertz CT molecular complexity index is 626. The maximum Gasteiger partial charge on any atom is 0.147 e. The van der Waals surface area contributed by atoms with E-state index in [9.17, 15) is 0 Å². The predicted molar refractivity (Wildman–Crippen MR) is 89.2 cm³/mol. The van der Waals surface area contributed by atoms with Gasteiger partial charge in [-0.25, -0.2) is 0 Å². The second kappa shape index (κ2) is 7.18. The van der Waals surface area contributed by atoms with E-state index in [1.54, 1.807) is 11.8 Å². The predicted octanol–water partition coefficient (Wildman–Crippen LogP) is 3.93. The zero-order chi connectivity index (χ0) is 15.2. The Morgan fingerprint density at radius 3 is 2.48 bits per heavy atom. The number of thioether (sulfide) groups is 1. The average molecular weight is 300 g/mol. The monoisotopic (exact) mass is 300 g/mol. The van der Waals surface area contributed by atoms with Crippen molar-refractivity contribution in [3.05, 3.63) is 65.2 Å². The van der Waals surface area contributed by atoms with Crippen molar-refractivity contribution >= 4 is 17.6 Å². The minimum Gasteiger partial charge on any atom is -0.409 e. The average Bonchev–Trinajstić information content (AvgIpc) is 2.51. The molecule has 1 unspecified atom stereocenters. The summed E-state index contributed by atoms with van der Waals surface area (Å²) in [4.78, 5) is 1.20. The number of nitrogens with zero attached hydrogens (tertiary/aromatic N) is 1. The molecule has 0 aromatic heterocycles. The molecule has 0 fully saturated rings. The molecule has 0 spiro atoms. The highest BCUT2D eigenvalue weighted by molar-refractivity contribution is 7.99. The Balaban J connectivity index is 2.15. The summed E-state index contributed by atoms with van der Waals surface area (Å²) in [5, 5.41) is 12.2. The van der Waals surface area contributed by atoms with Crippen molar-refractivity contribution < 1.29 is 5.21 Å². The maximum atomic E-state index is 9.00. The van der Waals surface area contributed by atoms with E-state index in [0.29, 0.717) is 0 Å². The van der Waals surface area contributed by atoms with Crippen LogP contribution in [0, 0.1) is 13.8 Å². The lowest BCUT2D eigenvalue weighted by Crippen LogP contribution is -2.23. The van der Waals surface area contributed by atoms with Crippen LogP contribution in [0.25, 0.3) is 0 Å². The summed E-state index contributed by atoms with van der Waals surface area (Å²) in [6.07, 6.45) is 0. The van der Waals surface area contributed by atoms with E-state index < -0.39 is 0 Å². The van der Waals surface area contributed by atoms with Crippen LogP contribution in [0.15, 0.2) is 58.6 Å². The third kappa shape index (κ3) is 4.02. The molecule has 0 heterocycles. The molecule has 0 aliphatic heterocycles. The summed E-state index contributed by atoms with van der Waals surface area (Å²) in [5.41, 5.74) is 9.48. The van der Waals surface area contributed by atoms with Gasteiger partial charge in [-0.3, -0.25) is 0 Å². The Morgan fingerprint density at radius 1 is 1.14 bits per heavy atom. The fourth-order valence-electron chi connectivity index (χ4n) is 2.09. The van der Waals surface area contributed by atoms with Crippen LogP contribution in [-0.4, -0.2) is 16.8 Å². The van der Waals surface area contributed by atoms with Crippen molar-refractivity contribution in [3.8, 4) is 0 Å². The number of aryl methyl sites for hydroxylation is 2. The zero-order valence-electron chi connectivity index (χ0n) is 12.3. The van der Waals surface area contributed by atoms with Crippen LogP contribution in [-0.2, 0) is 0 Å². The van der Waals surface area contributed by atoms with Crippen molar-refractivity contribution in [3.63, 3.8) is 0 Å². The third-order valence-electron chi connectivity index (χ3n) is 3.57. The molecule has 3 nitrogen and oxygen atoms in total. The lowest BCUT2D eigenvalue weighted by molar-refractivity contribution is 0.316. The van der Waals surface area contributed by atoms with Crippen LogP contribution in [0.2, 0.25) is 0 Å². The van der Waals surface area contributed by atoms with Crippen molar-refractivity contribution in [1.82, 2.24) is 0 Å². The second-order valence-corrected chi connectivity index (χ2v) is 6.14. The van der Waals surface area contributed by atoms with E-state index in [1.165, 1.54) is 16.0 Å². The van der Waals surface area contributed by atoms with Gasteiger partial charge in [-0.1, -0.05) is 41.6 Å². The summed E-state index contributed by atoms with van der Waals surface area (Å²) in [6, 6.07) is 16.3. The smallest absolute Gasteiger partial charge is 0.147 e. The Labute approximate surface area is 129 Å². The van der Waals surface area contributed by atoms with E-state index >= 15 is 0 Å². The van der Waals surface area contributed by atoms with Gasteiger partial charge in [-0.05, 0) is 42.7 Å². The highest BCUT2D eigenvalue weighted by Gasteiger charge is 2.17. The van der Waals surface area contributed by atoms with Gasteiger partial charge in [0, 0.05) is 10.6 Å². The third-order valence-corrected chi connectivity index (χ3v) is 4.66. The van der Waals surface area contributed by atoms with Gasteiger partial charge in [-0.15, -0.1) is 11.8 Å². The lowest BCUT2D eigenvalue weighted by Gasteiger charge is -2.16. The molecule has 2 aromatic carbocycles. The van der Waals surface area contributed by atoms with E-state index in [0.717, 1.165) is 11.3 Å². The molecule has 4 heteroatoms. The van der Waals surface area contributed by atoms with Gasteiger partial charge < -0.3 is 10.9 Å². The van der Waals surface area contributed by atoms with Gasteiger partial charge in [-0.2, -0.15) is 0 Å². The quantitative estimate of drug-likeness (QED) is 0.289. The number of benzene rings is 2. The Hall–Kier alpha value is -1.94. The summed E-state index contributed by atoms with van der Waals surface area (Å²) in [6.45, 7) is 4.21. The van der Waals surface area contributed by atoms with Crippen LogP contribution in [0.5, 0.6) is 0 Å². The SMILES string of the molecule is Cc1ccc(SCC(C(N)=NO)c2ccccc2)cc1C. The molecule has 2 aromatic rings. The van der Waals surface area contributed by atoms with Gasteiger partial charge >= 0.3 is 0 Å². The molecule has 0 radical (unpaired) electrons. The number of hydrogen-bond donors (Lipinski definition) is 2. The first-order valence-electron chi connectivity index (χ1n) is 6.84. The number of nitrogens with two attached hydrogens (primary N) is 1. The topological polar surface area (TPSA) is 58.6 Å². The van der Waals surface area contributed by atoms with E-state index in [4.69, 9.17) is 10.9 Å². The normalized spacial score (nSPS) is 13.1. The van der Waals surface area contributed by atoms with Crippen molar-refractivity contribution in [2.45, 2.75) is 24.7 Å². The second-order valence-electron chi connectivity index (χ2n) is 5.05.